The second-order valence-electron chi connectivity index (χ2n) is 3.75. The second kappa shape index (κ2) is 5.54. The number of benzene rings is 1. The number of anilines is 2. The minimum Gasteiger partial charge on any atom is -0.480 e. The molecule has 0 atom stereocenters. The molecule has 0 bridgehead atoms. The number of rotatable bonds is 3. The minimum absolute atomic E-state index is 0.00262. The monoisotopic (exact) mass is 303 g/mol. The highest BCUT2D eigenvalue weighted by molar-refractivity contribution is 6.30. The smallest absolute Gasteiger partial charge is 0.423 e. The maximum atomic E-state index is 12.6. The Morgan fingerprint density at radius 2 is 1.85 bits per heavy atom. The first-order valence-corrected chi connectivity index (χ1v) is 5.79. The summed E-state index contributed by atoms with van der Waals surface area (Å²) in [5, 5.41) is 3.30. The van der Waals surface area contributed by atoms with E-state index in [1.54, 1.807) is 24.3 Å². The van der Waals surface area contributed by atoms with Crippen molar-refractivity contribution < 1.29 is 17.9 Å². The van der Waals surface area contributed by atoms with E-state index in [1.165, 1.54) is 0 Å². The average Bonchev–Trinajstić information content (AvgIpc) is 2.40. The highest BCUT2D eigenvalue weighted by Crippen LogP contribution is 2.35. The zero-order valence-corrected chi connectivity index (χ0v) is 11.0. The molecule has 0 unspecified atom stereocenters. The topological polar surface area (TPSA) is 47.0 Å². The number of alkyl halides is 3. The van der Waals surface area contributed by atoms with Gasteiger partial charge in [0.2, 0.25) is 11.8 Å². The van der Waals surface area contributed by atoms with Crippen molar-refractivity contribution in [3.05, 3.63) is 41.0 Å². The van der Waals surface area contributed by atoms with Gasteiger partial charge in [0.1, 0.15) is 5.56 Å². The van der Waals surface area contributed by atoms with Gasteiger partial charge in [0.25, 0.3) is 0 Å². The van der Waals surface area contributed by atoms with Crippen molar-refractivity contribution in [1.29, 1.82) is 0 Å². The first-order chi connectivity index (χ1) is 9.40. The van der Waals surface area contributed by atoms with E-state index >= 15 is 0 Å². The molecule has 0 aliphatic rings. The van der Waals surface area contributed by atoms with Gasteiger partial charge in [0.05, 0.1) is 7.11 Å². The fourth-order valence-corrected chi connectivity index (χ4v) is 1.56. The molecule has 0 saturated carbocycles. The van der Waals surface area contributed by atoms with Crippen LogP contribution in [0.25, 0.3) is 0 Å². The Bertz CT molecular complexity index is 602. The summed E-state index contributed by atoms with van der Waals surface area (Å²) in [6.45, 7) is 0. The Labute approximate surface area is 117 Å². The largest absolute Gasteiger partial charge is 0.480 e. The van der Waals surface area contributed by atoms with Crippen LogP contribution in [0.15, 0.2) is 30.5 Å². The van der Waals surface area contributed by atoms with Crippen LogP contribution < -0.4 is 10.1 Å². The predicted octanol–water partition coefficient (Wildman–Crippen LogP) is 3.90. The lowest BCUT2D eigenvalue weighted by molar-refractivity contribution is -0.139. The molecular formula is C12H9ClF3N3O. The average molecular weight is 304 g/mol. The molecule has 20 heavy (non-hydrogen) atoms. The predicted molar refractivity (Wildman–Crippen MR) is 68.3 cm³/mol. The van der Waals surface area contributed by atoms with Crippen LogP contribution in [0.3, 0.4) is 0 Å². The van der Waals surface area contributed by atoms with Crippen LogP contribution in [-0.2, 0) is 6.18 Å². The third-order valence-electron chi connectivity index (χ3n) is 2.35. The first kappa shape index (κ1) is 14.4. The Kier molecular flexibility index (Phi) is 3.99. The standard InChI is InChI=1S/C12H9ClF3N3O/c1-20-10-9(12(14,15)16)6-17-11(19-10)18-8-4-2-7(13)3-5-8/h2-6H,1H3,(H,17,18,19). The van der Waals surface area contributed by atoms with E-state index in [2.05, 4.69) is 20.0 Å². The molecular weight excluding hydrogens is 295 g/mol. The highest BCUT2D eigenvalue weighted by atomic mass is 35.5. The van der Waals surface area contributed by atoms with E-state index in [9.17, 15) is 13.2 Å². The maximum Gasteiger partial charge on any atom is 0.423 e. The van der Waals surface area contributed by atoms with Gasteiger partial charge in [-0.15, -0.1) is 0 Å². The van der Waals surface area contributed by atoms with Gasteiger partial charge < -0.3 is 10.1 Å². The summed E-state index contributed by atoms with van der Waals surface area (Å²) in [6, 6.07) is 6.56. The van der Waals surface area contributed by atoms with Crippen molar-refractivity contribution in [3.8, 4) is 5.88 Å². The summed E-state index contributed by atoms with van der Waals surface area (Å²) >= 11 is 5.73. The van der Waals surface area contributed by atoms with E-state index in [0.29, 0.717) is 16.9 Å². The first-order valence-electron chi connectivity index (χ1n) is 5.41. The fourth-order valence-electron chi connectivity index (χ4n) is 1.44. The van der Waals surface area contributed by atoms with Crippen LogP contribution in [0, 0.1) is 0 Å². The highest BCUT2D eigenvalue weighted by Gasteiger charge is 2.36. The molecule has 0 amide bonds. The van der Waals surface area contributed by atoms with E-state index in [0.717, 1.165) is 7.11 Å². The molecule has 1 heterocycles. The summed E-state index contributed by atoms with van der Waals surface area (Å²) in [7, 11) is 1.11. The summed E-state index contributed by atoms with van der Waals surface area (Å²) in [4.78, 5) is 7.29. The maximum absolute atomic E-state index is 12.6. The number of ether oxygens (including phenoxy) is 1. The Balaban J connectivity index is 2.28. The molecule has 4 nitrogen and oxygen atoms in total. The SMILES string of the molecule is COc1nc(Nc2ccc(Cl)cc2)ncc1C(F)(F)F. The van der Waals surface area contributed by atoms with Gasteiger partial charge in [-0.05, 0) is 24.3 Å². The van der Waals surface area contributed by atoms with Crippen LogP contribution in [-0.4, -0.2) is 17.1 Å². The minimum atomic E-state index is -4.57. The van der Waals surface area contributed by atoms with Gasteiger partial charge in [0.15, 0.2) is 0 Å². The van der Waals surface area contributed by atoms with Gasteiger partial charge in [0, 0.05) is 16.9 Å². The molecule has 0 radical (unpaired) electrons. The molecule has 2 rings (SSSR count). The van der Waals surface area contributed by atoms with Gasteiger partial charge in [-0.3, -0.25) is 0 Å². The number of hydrogen-bond acceptors (Lipinski definition) is 4. The molecule has 2 aromatic rings. The normalized spacial score (nSPS) is 11.2. The number of methoxy groups -OCH3 is 1. The zero-order valence-electron chi connectivity index (χ0n) is 10.2. The third-order valence-corrected chi connectivity index (χ3v) is 2.60. The van der Waals surface area contributed by atoms with Gasteiger partial charge in [-0.25, -0.2) is 4.98 Å². The van der Waals surface area contributed by atoms with Crippen LogP contribution in [0.4, 0.5) is 24.8 Å². The van der Waals surface area contributed by atoms with Crippen molar-refractivity contribution in [2.45, 2.75) is 6.18 Å². The Morgan fingerprint density at radius 1 is 1.20 bits per heavy atom. The molecule has 0 spiro atoms. The zero-order chi connectivity index (χ0) is 14.8. The van der Waals surface area contributed by atoms with Crippen molar-refractivity contribution in [2.75, 3.05) is 12.4 Å². The van der Waals surface area contributed by atoms with E-state index in [1.807, 2.05) is 0 Å². The molecule has 0 aliphatic carbocycles. The summed E-state index contributed by atoms with van der Waals surface area (Å²) in [5.41, 5.74) is -0.433. The van der Waals surface area contributed by atoms with Crippen LogP contribution >= 0.6 is 11.6 Å². The van der Waals surface area contributed by atoms with Crippen molar-refractivity contribution in [3.63, 3.8) is 0 Å². The van der Waals surface area contributed by atoms with Gasteiger partial charge in [-0.1, -0.05) is 11.6 Å². The van der Waals surface area contributed by atoms with Crippen molar-refractivity contribution in [1.82, 2.24) is 9.97 Å². The number of halogens is 4. The number of hydrogen-bond donors (Lipinski definition) is 1. The van der Waals surface area contributed by atoms with Gasteiger partial charge >= 0.3 is 6.18 Å². The van der Waals surface area contributed by atoms with Crippen molar-refractivity contribution in [2.24, 2.45) is 0 Å². The number of nitrogens with zero attached hydrogens (tertiary/aromatic N) is 2. The molecule has 106 valence electrons. The third kappa shape index (κ3) is 3.30. The summed E-state index contributed by atoms with van der Waals surface area (Å²) in [6.07, 6.45) is -3.89. The van der Waals surface area contributed by atoms with Crippen molar-refractivity contribution >= 4 is 23.2 Å². The number of nitrogens with one attached hydrogen (secondary N) is 1. The van der Waals surface area contributed by atoms with Crippen LogP contribution in [0.5, 0.6) is 5.88 Å². The molecule has 0 aliphatic heterocycles. The second-order valence-corrected chi connectivity index (χ2v) is 4.18. The molecule has 1 aromatic heterocycles. The van der Waals surface area contributed by atoms with E-state index < -0.39 is 17.6 Å². The number of aromatic nitrogens is 2. The lowest BCUT2D eigenvalue weighted by Crippen LogP contribution is -2.11. The quantitative estimate of drug-likeness (QED) is 0.934. The molecule has 1 N–H and O–H groups in total. The molecule has 0 fully saturated rings. The Hall–Kier alpha value is -2.02. The van der Waals surface area contributed by atoms with E-state index in [-0.39, 0.29) is 5.95 Å². The Morgan fingerprint density at radius 3 is 2.40 bits per heavy atom. The summed E-state index contributed by atoms with van der Waals surface area (Å²) < 4.78 is 42.6. The van der Waals surface area contributed by atoms with Crippen LogP contribution in [0.1, 0.15) is 5.56 Å². The fraction of sp³-hybridized carbons (Fsp3) is 0.167. The molecule has 8 heteroatoms. The lowest BCUT2D eigenvalue weighted by atomic mass is 10.3. The molecule has 1 aromatic carbocycles. The van der Waals surface area contributed by atoms with Gasteiger partial charge in [-0.2, -0.15) is 18.2 Å². The van der Waals surface area contributed by atoms with E-state index in [4.69, 9.17) is 11.6 Å². The molecule has 0 saturated heterocycles. The summed E-state index contributed by atoms with van der Waals surface area (Å²) in [5.74, 6) is -0.541. The lowest BCUT2D eigenvalue weighted by Gasteiger charge is -2.12. The van der Waals surface area contributed by atoms with Crippen LogP contribution in [0.2, 0.25) is 5.02 Å².